The molecule has 5 nitrogen and oxygen atoms in total. The first kappa shape index (κ1) is 11.8. The highest BCUT2D eigenvalue weighted by Crippen LogP contribution is 2.21. The van der Waals surface area contributed by atoms with Crippen molar-refractivity contribution in [3.63, 3.8) is 0 Å². The van der Waals surface area contributed by atoms with Gasteiger partial charge in [0, 0.05) is 0 Å². The predicted molar refractivity (Wildman–Crippen MR) is 68.0 cm³/mol. The van der Waals surface area contributed by atoms with E-state index >= 15 is 0 Å². The Labute approximate surface area is 104 Å². The molecule has 0 aliphatic heterocycles. The van der Waals surface area contributed by atoms with Crippen molar-refractivity contribution in [1.82, 2.24) is 10.2 Å². The average molecular weight is 250 g/mol. The molecular weight excluding hydrogens is 236 g/mol. The van der Waals surface area contributed by atoms with Crippen LogP contribution in [0, 0.1) is 13.8 Å². The van der Waals surface area contributed by atoms with Gasteiger partial charge in [0.15, 0.2) is 5.01 Å². The number of nitrogens with two attached hydrogens (primary N) is 1. The third kappa shape index (κ3) is 2.92. The minimum Gasteiger partial charge on any atom is -0.486 e. The Kier molecular flexibility index (Phi) is 3.55. The summed E-state index contributed by atoms with van der Waals surface area (Å²) in [5.41, 5.74) is 4.79. The van der Waals surface area contributed by atoms with Crippen LogP contribution in [0.2, 0.25) is 0 Å². The summed E-state index contributed by atoms with van der Waals surface area (Å²) >= 11 is 1.38. The van der Waals surface area contributed by atoms with E-state index in [1.165, 1.54) is 16.9 Å². The highest BCUT2D eigenvalue weighted by Gasteiger charge is 2.05. The average Bonchev–Trinajstić information content (AvgIpc) is 2.76. The minimum atomic E-state index is 0.406. The Bertz CT molecular complexity index is 512. The Morgan fingerprint density at radius 3 is 2.82 bits per heavy atom. The summed E-state index contributed by atoms with van der Waals surface area (Å²) in [5, 5.41) is 9.16. The van der Waals surface area contributed by atoms with Crippen LogP contribution < -0.4 is 16.0 Å². The van der Waals surface area contributed by atoms with Gasteiger partial charge in [0.1, 0.15) is 12.4 Å². The number of hydrazine groups is 1. The number of rotatable bonds is 4. The first-order chi connectivity index (χ1) is 8.19. The van der Waals surface area contributed by atoms with Crippen molar-refractivity contribution in [2.24, 2.45) is 5.84 Å². The van der Waals surface area contributed by atoms with Crippen LogP contribution in [-0.4, -0.2) is 10.2 Å². The SMILES string of the molecule is Cc1ccc(OCc2nnc(NN)s2)c(C)c1. The Morgan fingerprint density at radius 1 is 1.35 bits per heavy atom. The van der Waals surface area contributed by atoms with E-state index in [0.717, 1.165) is 16.3 Å². The Hall–Kier alpha value is -1.66. The van der Waals surface area contributed by atoms with E-state index in [4.69, 9.17) is 10.6 Å². The standard InChI is InChI=1S/C11H14N4OS/c1-7-3-4-9(8(2)5-7)16-6-10-14-15-11(13-12)17-10/h3-5H,6,12H2,1-2H3,(H,13,15). The summed E-state index contributed by atoms with van der Waals surface area (Å²) < 4.78 is 5.67. The second-order valence-electron chi connectivity index (χ2n) is 3.70. The molecule has 2 rings (SSSR count). The van der Waals surface area contributed by atoms with Gasteiger partial charge in [0.05, 0.1) is 0 Å². The quantitative estimate of drug-likeness (QED) is 0.641. The number of nitrogens with zero attached hydrogens (tertiary/aromatic N) is 2. The zero-order valence-electron chi connectivity index (χ0n) is 9.73. The van der Waals surface area contributed by atoms with Gasteiger partial charge in [0.25, 0.3) is 0 Å². The van der Waals surface area contributed by atoms with E-state index in [1.54, 1.807) is 0 Å². The smallest absolute Gasteiger partial charge is 0.219 e. The molecule has 1 heterocycles. The second kappa shape index (κ2) is 5.11. The van der Waals surface area contributed by atoms with Crippen LogP contribution in [0.25, 0.3) is 0 Å². The van der Waals surface area contributed by atoms with Gasteiger partial charge in [-0.05, 0) is 25.5 Å². The normalized spacial score (nSPS) is 10.3. The molecule has 0 amide bonds. The Morgan fingerprint density at radius 2 is 2.18 bits per heavy atom. The monoisotopic (exact) mass is 250 g/mol. The topological polar surface area (TPSA) is 73.1 Å². The van der Waals surface area contributed by atoms with Gasteiger partial charge in [-0.1, -0.05) is 29.0 Å². The molecule has 0 saturated heterocycles. The van der Waals surface area contributed by atoms with Gasteiger partial charge in [-0.15, -0.1) is 10.2 Å². The number of hydrogen-bond acceptors (Lipinski definition) is 6. The molecular formula is C11H14N4OS. The number of aryl methyl sites for hydroxylation is 2. The third-order valence-corrected chi connectivity index (χ3v) is 3.10. The summed E-state index contributed by atoms with van der Waals surface area (Å²) in [6.07, 6.45) is 0. The molecule has 1 aromatic heterocycles. The minimum absolute atomic E-state index is 0.406. The third-order valence-electron chi connectivity index (χ3n) is 2.27. The maximum atomic E-state index is 5.67. The van der Waals surface area contributed by atoms with Crippen molar-refractivity contribution < 1.29 is 4.74 Å². The molecule has 0 bridgehead atoms. The van der Waals surface area contributed by atoms with Gasteiger partial charge in [-0.25, -0.2) is 5.84 Å². The lowest BCUT2D eigenvalue weighted by atomic mass is 10.1. The molecule has 0 aliphatic carbocycles. The van der Waals surface area contributed by atoms with Gasteiger partial charge < -0.3 is 4.74 Å². The van der Waals surface area contributed by atoms with Crippen molar-refractivity contribution in [2.75, 3.05) is 5.43 Å². The molecule has 2 aromatic rings. The van der Waals surface area contributed by atoms with Gasteiger partial charge in [-0.3, -0.25) is 5.43 Å². The van der Waals surface area contributed by atoms with Gasteiger partial charge in [-0.2, -0.15) is 0 Å². The fraction of sp³-hybridized carbons (Fsp3) is 0.273. The van der Waals surface area contributed by atoms with Crippen LogP contribution in [0.1, 0.15) is 16.1 Å². The number of benzene rings is 1. The highest BCUT2D eigenvalue weighted by atomic mass is 32.1. The number of ether oxygens (including phenoxy) is 1. The molecule has 0 radical (unpaired) electrons. The maximum Gasteiger partial charge on any atom is 0.219 e. The van der Waals surface area contributed by atoms with Crippen LogP contribution in [0.3, 0.4) is 0 Å². The summed E-state index contributed by atoms with van der Waals surface area (Å²) in [6.45, 7) is 4.49. The molecule has 6 heteroatoms. The largest absolute Gasteiger partial charge is 0.486 e. The maximum absolute atomic E-state index is 5.67. The fourth-order valence-corrected chi connectivity index (χ4v) is 2.03. The van der Waals surface area contributed by atoms with E-state index in [0.29, 0.717) is 11.7 Å². The van der Waals surface area contributed by atoms with Crippen molar-refractivity contribution in [2.45, 2.75) is 20.5 Å². The lowest BCUT2D eigenvalue weighted by molar-refractivity contribution is 0.302. The number of anilines is 1. The van der Waals surface area contributed by atoms with Crippen LogP contribution in [0.5, 0.6) is 5.75 Å². The van der Waals surface area contributed by atoms with Gasteiger partial charge >= 0.3 is 0 Å². The highest BCUT2D eigenvalue weighted by molar-refractivity contribution is 7.15. The molecule has 0 unspecified atom stereocenters. The summed E-state index contributed by atoms with van der Waals surface area (Å²) in [7, 11) is 0. The zero-order chi connectivity index (χ0) is 12.3. The second-order valence-corrected chi connectivity index (χ2v) is 4.76. The van der Waals surface area contributed by atoms with Crippen molar-refractivity contribution in [1.29, 1.82) is 0 Å². The van der Waals surface area contributed by atoms with Crippen LogP contribution in [0.4, 0.5) is 5.13 Å². The molecule has 3 N–H and O–H groups in total. The van der Waals surface area contributed by atoms with Crippen LogP contribution in [0.15, 0.2) is 18.2 Å². The summed E-state index contributed by atoms with van der Waals surface area (Å²) in [6, 6.07) is 6.07. The summed E-state index contributed by atoms with van der Waals surface area (Å²) in [5.74, 6) is 6.10. The fourth-order valence-electron chi connectivity index (χ4n) is 1.47. The number of nitrogen functional groups attached to an aromatic ring is 1. The molecule has 1 aromatic carbocycles. The molecule has 0 saturated carbocycles. The first-order valence-electron chi connectivity index (χ1n) is 5.18. The van der Waals surface area contributed by atoms with Gasteiger partial charge in [0.2, 0.25) is 5.13 Å². The Balaban J connectivity index is 2.02. The zero-order valence-corrected chi connectivity index (χ0v) is 10.5. The van der Waals surface area contributed by atoms with E-state index in [9.17, 15) is 0 Å². The van der Waals surface area contributed by atoms with E-state index in [1.807, 2.05) is 19.1 Å². The molecule has 17 heavy (non-hydrogen) atoms. The van der Waals surface area contributed by atoms with Crippen molar-refractivity contribution >= 4 is 16.5 Å². The lowest BCUT2D eigenvalue weighted by Gasteiger charge is -2.07. The van der Waals surface area contributed by atoms with Crippen LogP contribution >= 0.6 is 11.3 Å². The van der Waals surface area contributed by atoms with E-state index in [-0.39, 0.29) is 0 Å². The molecule has 0 fully saturated rings. The van der Waals surface area contributed by atoms with Crippen molar-refractivity contribution in [3.05, 3.63) is 34.3 Å². The van der Waals surface area contributed by atoms with E-state index < -0.39 is 0 Å². The first-order valence-corrected chi connectivity index (χ1v) is 6.00. The predicted octanol–water partition coefficient (Wildman–Crippen LogP) is 2.02. The molecule has 90 valence electrons. The van der Waals surface area contributed by atoms with E-state index in [2.05, 4.69) is 28.6 Å². The van der Waals surface area contributed by atoms with Crippen molar-refractivity contribution in [3.8, 4) is 5.75 Å². The number of nitrogens with one attached hydrogen (secondary N) is 1. The number of aromatic nitrogens is 2. The van der Waals surface area contributed by atoms with Crippen LogP contribution in [-0.2, 0) is 6.61 Å². The molecule has 0 spiro atoms. The lowest BCUT2D eigenvalue weighted by Crippen LogP contribution is -2.05. The molecule has 0 atom stereocenters. The summed E-state index contributed by atoms with van der Waals surface area (Å²) in [4.78, 5) is 0. The molecule has 0 aliphatic rings. The number of hydrogen-bond donors (Lipinski definition) is 2.